The summed E-state index contributed by atoms with van der Waals surface area (Å²) in [5.74, 6) is -0.533. The Morgan fingerprint density at radius 2 is 2.17 bits per heavy atom. The Bertz CT molecular complexity index is 545. The molecular weight excluding hydrogens is 311 g/mol. The number of hydrogen-bond acceptors (Lipinski definition) is 4. The minimum absolute atomic E-state index is 0.0126. The van der Waals surface area contributed by atoms with Gasteiger partial charge in [-0.25, -0.2) is 4.39 Å². The fraction of sp³-hybridized carbons (Fsp3) is 0.611. The van der Waals surface area contributed by atoms with Crippen LogP contribution in [0.15, 0.2) is 18.2 Å². The van der Waals surface area contributed by atoms with E-state index in [4.69, 9.17) is 4.74 Å². The molecule has 2 rings (SSSR count). The van der Waals surface area contributed by atoms with Crippen LogP contribution in [0.2, 0.25) is 0 Å². The highest BCUT2D eigenvalue weighted by atomic mass is 19.1. The van der Waals surface area contributed by atoms with Gasteiger partial charge in [-0.2, -0.15) is 0 Å². The molecule has 1 heterocycles. The average Bonchev–Trinajstić information content (AvgIpc) is 2.56. The smallest absolute Gasteiger partial charge is 0.246 e. The summed E-state index contributed by atoms with van der Waals surface area (Å²) < 4.78 is 19.0. The molecule has 0 radical (unpaired) electrons. The minimum Gasteiger partial charge on any atom is -0.393 e. The summed E-state index contributed by atoms with van der Waals surface area (Å²) in [4.78, 5) is 14.1. The van der Waals surface area contributed by atoms with E-state index < -0.39 is 0 Å². The number of piperidine rings is 1. The molecule has 0 aliphatic carbocycles. The van der Waals surface area contributed by atoms with Crippen LogP contribution in [0.3, 0.4) is 0 Å². The molecular formula is C18H27FN2O3. The Hall–Kier alpha value is -1.66. The van der Waals surface area contributed by atoms with Crippen molar-refractivity contribution < 1.29 is 19.0 Å². The Morgan fingerprint density at radius 1 is 1.46 bits per heavy atom. The minimum atomic E-state index is -0.325. The van der Waals surface area contributed by atoms with Crippen LogP contribution in [-0.2, 0) is 9.53 Å². The Balaban J connectivity index is 2.07. The van der Waals surface area contributed by atoms with E-state index in [1.165, 1.54) is 12.1 Å². The van der Waals surface area contributed by atoms with Crippen LogP contribution < -0.4 is 10.2 Å². The van der Waals surface area contributed by atoms with Gasteiger partial charge in [0.05, 0.1) is 12.1 Å². The highest BCUT2D eigenvalue weighted by Crippen LogP contribution is 2.29. The molecule has 24 heavy (non-hydrogen) atoms. The first-order chi connectivity index (χ1) is 11.5. The molecule has 1 unspecified atom stereocenters. The van der Waals surface area contributed by atoms with Gasteiger partial charge in [0.2, 0.25) is 5.91 Å². The molecule has 2 N–H and O–H groups in total. The summed E-state index contributed by atoms with van der Waals surface area (Å²) in [5, 5.41) is 12.5. The third kappa shape index (κ3) is 5.18. The first kappa shape index (κ1) is 18.7. The van der Waals surface area contributed by atoms with Crippen LogP contribution in [0, 0.1) is 5.82 Å². The van der Waals surface area contributed by atoms with E-state index in [9.17, 15) is 14.3 Å². The lowest BCUT2D eigenvalue weighted by molar-refractivity contribution is -0.126. The number of carbonyl (C=O) groups excluding carboxylic acids is 1. The first-order valence-electron chi connectivity index (χ1n) is 8.60. The molecule has 1 aliphatic heterocycles. The van der Waals surface area contributed by atoms with Crippen LogP contribution in [0.4, 0.5) is 10.1 Å². The van der Waals surface area contributed by atoms with Crippen molar-refractivity contribution in [1.82, 2.24) is 5.32 Å². The molecule has 1 amide bonds. The molecule has 5 nitrogen and oxygen atoms in total. The standard InChI is InChI=1S/C18H27FN2O3/c1-3-10-24-12-18(23)20-13(2)16-11-14(19)4-5-17(16)21-8-6-15(22)7-9-21/h4-5,11,13,15,22H,3,6-10,12H2,1-2H3,(H,20,23). The van der Waals surface area contributed by atoms with Gasteiger partial charge in [0.15, 0.2) is 0 Å². The second-order valence-corrected chi connectivity index (χ2v) is 6.26. The number of aliphatic hydroxyl groups excluding tert-OH is 1. The zero-order valence-electron chi connectivity index (χ0n) is 14.4. The Morgan fingerprint density at radius 3 is 2.83 bits per heavy atom. The normalized spacial score (nSPS) is 16.9. The van der Waals surface area contributed by atoms with Crippen LogP contribution in [0.1, 0.15) is 44.7 Å². The van der Waals surface area contributed by atoms with Gasteiger partial charge in [-0.1, -0.05) is 6.92 Å². The first-order valence-corrected chi connectivity index (χ1v) is 8.60. The van der Waals surface area contributed by atoms with E-state index >= 15 is 0 Å². The number of amides is 1. The molecule has 1 atom stereocenters. The monoisotopic (exact) mass is 338 g/mol. The third-order valence-corrected chi connectivity index (χ3v) is 4.22. The topological polar surface area (TPSA) is 61.8 Å². The number of benzene rings is 1. The lowest BCUT2D eigenvalue weighted by atomic mass is 10.0. The van der Waals surface area contributed by atoms with E-state index in [1.807, 2.05) is 13.8 Å². The number of carbonyl (C=O) groups is 1. The Kier molecular flexibility index (Phi) is 6.99. The summed E-state index contributed by atoms with van der Waals surface area (Å²) in [6.45, 7) is 5.83. The lowest BCUT2D eigenvalue weighted by Gasteiger charge is -2.34. The van der Waals surface area contributed by atoms with Gasteiger partial charge >= 0.3 is 0 Å². The van der Waals surface area contributed by atoms with Crippen molar-refractivity contribution in [2.75, 3.05) is 31.2 Å². The average molecular weight is 338 g/mol. The van der Waals surface area contributed by atoms with E-state index in [1.54, 1.807) is 6.07 Å². The largest absolute Gasteiger partial charge is 0.393 e. The van der Waals surface area contributed by atoms with Crippen molar-refractivity contribution in [2.45, 2.75) is 45.3 Å². The van der Waals surface area contributed by atoms with Crippen LogP contribution in [-0.4, -0.2) is 43.4 Å². The number of rotatable bonds is 7. The fourth-order valence-corrected chi connectivity index (χ4v) is 2.94. The third-order valence-electron chi connectivity index (χ3n) is 4.22. The number of ether oxygens (including phenoxy) is 1. The van der Waals surface area contributed by atoms with Crippen molar-refractivity contribution in [3.63, 3.8) is 0 Å². The molecule has 6 heteroatoms. The van der Waals surface area contributed by atoms with Gasteiger partial charge in [-0.15, -0.1) is 0 Å². The summed E-state index contributed by atoms with van der Waals surface area (Å²) in [5.41, 5.74) is 1.65. The SMILES string of the molecule is CCCOCC(=O)NC(C)c1cc(F)ccc1N1CCC(O)CC1. The van der Waals surface area contributed by atoms with Crippen molar-refractivity contribution in [3.05, 3.63) is 29.6 Å². The summed E-state index contributed by atoms with van der Waals surface area (Å²) in [7, 11) is 0. The lowest BCUT2D eigenvalue weighted by Crippen LogP contribution is -2.37. The molecule has 1 aromatic rings. The molecule has 134 valence electrons. The van der Waals surface area contributed by atoms with Crippen LogP contribution >= 0.6 is 0 Å². The van der Waals surface area contributed by atoms with Crippen molar-refractivity contribution in [2.24, 2.45) is 0 Å². The zero-order valence-corrected chi connectivity index (χ0v) is 14.4. The van der Waals surface area contributed by atoms with Gasteiger partial charge in [-0.3, -0.25) is 4.79 Å². The number of nitrogens with zero attached hydrogens (tertiary/aromatic N) is 1. The van der Waals surface area contributed by atoms with E-state index in [-0.39, 0.29) is 30.5 Å². The van der Waals surface area contributed by atoms with Crippen molar-refractivity contribution in [1.29, 1.82) is 0 Å². The molecule has 1 aliphatic rings. The Labute approximate surface area is 142 Å². The molecule has 1 saturated heterocycles. The zero-order chi connectivity index (χ0) is 17.5. The quantitative estimate of drug-likeness (QED) is 0.750. The van der Waals surface area contributed by atoms with E-state index in [0.29, 0.717) is 19.4 Å². The van der Waals surface area contributed by atoms with Crippen molar-refractivity contribution >= 4 is 11.6 Å². The fourth-order valence-electron chi connectivity index (χ4n) is 2.94. The molecule has 0 saturated carbocycles. The predicted octanol–water partition coefficient (Wildman–Crippen LogP) is 2.39. The number of hydrogen-bond donors (Lipinski definition) is 2. The number of aliphatic hydroxyl groups is 1. The highest BCUT2D eigenvalue weighted by molar-refractivity contribution is 5.78. The van der Waals surface area contributed by atoms with Crippen molar-refractivity contribution in [3.8, 4) is 0 Å². The van der Waals surface area contributed by atoms with Crippen LogP contribution in [0.5, 0.6) is 0 Å². The maximum Gasteiger partial charge on any atom is 0.246 e. The molecule has 1 aromatic carbocycles. The van der Waals surface area contributed by atoms with E-state index in [0.717, 1.165) is 30.8 Å². The number of nitrogens with one attached hydrogen (secondary N) is 1. The molecule has 1 fully saturated rings. The molecule has 0 bridgehead atoms. The van der Waals surface area contributed by atoms with E-state index in [2.05, 4.69) is 10.2 Å². The second-order valence-electron chi connectivity index (χ2n) is 6.26. The summed E-state index contributed by atoms with van der Waals surface area (Å²) in [6.07, 6.45) is 1.99. The van der Waals surface area contributed by atoms with Gasteiger partial charge in [0.1, 0.15) is 12.4 Å². The summed E-state index contributed by atoms with van der Waals surface area (Å²) >= 11 is 0. The summed E-state index contributed by atoms with van der Waals surface area (Å²) in [6, 6.07) is 4.33. The maximum absolute atomic E-state index is 13.7. The van der Waals surface area contributed by atoms with Crippen LogP contribution in [0.25, 0.3) is 0 Å². The number of halogens is 1. The van der Waals surface area contributed by atoms with Gasteiger partial charge in [-0.05, 0) is 44.4 Å². The highest BCUT2D eigenvalue weighted by Gasteiger charge is 2.22. The molecule has 0 aromatic heterocycles. The maximum atomic E-state index is 13.7. The second kappa shape index (κ2) is 8.99. The van der Waals surface area contributed by atoms with Gasteiger partial charge < -0.3 is 20.1 Å². The van der Waals surface area contributed by atoms with Gasteiger partial charge in [0.25, 0.3) is 0 Å². The van der Waals surface area contributed by atoms with Gasteiger partial charge in [0, 0.05) is 30.9 Å². The predicted molar refractivity (Wildman–Crippen MR) is 91.5 cm³/mol. The number of anilines is 1. The molecule has 0 spiro atoms.